The van der Waals surface area contributed by atoms with Gasteiger partial charge in [0.25, 0.3) is 0 Å². The number of nitrogen functional groups attached to an aromatic ring is 1. The van der Waals surface area contributed by atoms with Crippen LogP contribution in [0.15, 0.2) is 6.33 Å². The Morgan fingerprint density at radius 1 is 1.35 bits per heavy atom. The van der Waals surface area contributed by atoms with Gasteiger partial charge in [-0.15, -0.1) is 0 Å². The summed E-state index contributed by atoms with van der Waals surface area (Å²) in [6.07, 6.45) is 7.32. The van der Waals surface area contributed by atoms with E-state index in [1.807, 2.05) is 0 Å². The van der Waals surface area contributed by atoms with Crippen molar-refractivity contribution < 1.29 is 4.92 Å². The third-order valence-electron chi connectivity index (χ3n) is 4.14. The van der Waals surface area contributed by atoms with Gasteiger partial charge < -0.3 is 11.1 Å². The number of rotatable bonds is 5. The predicted molar refractivity (Wildman–Crippen MR) is 77.3 cm³/mol. The molecule has 0 atom stereocenters. The first kappa shape index (κ1) is 14.5. The highest BCUT2D eigenvalue weighted by Crippen LogP contribution is 2.32. The molecule has 7 heteroatoms. The summed E-state index contributed by atoms with van der Waals surface area (Å²) < 4.78 is 0. The first-order valence-corrected chi connectivity index (χ1v) is 7.10. The van der Waals surface area contributed by atoms with Crippen molar-refractivity contribution in [3.05, 3.63) is 16.4 Å². The van der Waals surface area contributed by atoms with Crippen molar-refractivity contribution in [1.29, 1.82) is 0 Å². The zero-order chi connectivity index (χ0) is 14.5. The largest absolute Gasteiger partial charge is 0.378 e. The van der Waals surface area contributed by atoms with Crippen molar-refractivity contribution in [2.24, 2.45) is 11.8 Å². The Morgan fingerprint density at radius 2 is 2.00 bits per heavy atom. The van der Waals surface area contributed by atoms with Crippen molar-refractivity contribution in [3.8, 4) is 0 Å². The van der Waals surface area contributed by atoms with Gasteiger partial charge in [-0.25, -0.2) is 9.97 Å². The van der Waals surface area contributed by atoms with Crippen molar-refractivity contribution in [2.45, 2.75) is 39.0 Å². The maximum Gasteiger partial charge on any atom is 0.352 e. The molecule has 2 rings (SSSR count). The van der Waals surface area contributed by atoms with Crippen molar-refractivity contribution in [1.82, 2.24) is 9.97 Å². The molecule has 1 saturated carbocycles. The van der Waals surface area contributed by atoms with Crippen LogP contribution in [-0.4, -0.2) is 21.4 Å². The van der Waals surface area contributed by atoms with E-state index >= 15 is 0 Å². The molecule has 110 valence electrons. The molecule has 0 aliphatic heterocycles. The molecule has 20 heavy (non-hydrogen) atoms. The van der Waals surface area contributed by atoms with E-state index in [2.05, 4.69) is 22.2 Å². The minimum Gasteiger partial charge on any atom is -0.378 e. The molecular weight excluding hydrogens is 258 g/mol. The lowest BCUT2D eigenvalue weighted by atomic mass is 9.81. The molecule has 0 spiro atoms. The molecule has 7 nitrogen and oxygen atoms in total. The SMILES string of the molecule is CCC1CCC(CNc2ncnc(N)c2[N+](=O)[O-])CC1. The number of anilines is 2. The predicted octanol–water partition coefficient (Wildman–Crippen LogP) is 2.60. The van der Waals surface area contributed by atoms with Crippen molar-refractivity contribution in [2.75, 3.05) is 17.6 Å². The summed E-state index contributed by atoms with van der Waals surface area (Å²) in [7, 11) is 0. The summed E-state index contributed by atoms with van der Waals surface area (Å²) in [5.41, 5.74) is 5.31. The van der Waals surface area contributed by atoms with Gasteiger partial charge in [-0.1, -0.05) is 26.2 Å². The molecular formula is C13H21N5O2. The van der Waals surface area contributed by atoms with Crippen molar-refractivity contribution >= 4 is 17.3 Å². The first-order valence-electron chi connectivity index (χ1n) is 7.10. The van der Waals surface area contributed by atoms with Gasteiger partial charge in [0.05, 0.1) is 4.92 Å². The van der Waals surface area contributed by atoms with Crippen LogP contribution in [0.5, 0.6) is 0 Å². The van der Waals surface area contributed by atoms with Crippen molar-refractivity contribution in [3.63, 3.8) is 0 Å². The molecule has 0 aromatic carbocycles. The average Bonchev–Trinajstić information content (AvgIpc) is 2.45. The number of nitrogens with zero attached hydrogens (tertiary/aromatic N) is 3. The minimum absolute atomic E-state index is 0.0952. The number of aromatic nitrogens is 2. The topological polar surface area (TPSA) is 107 Å². The van der Waals surface area contributed by atoms with Crippen LogP contribution in [-0.2, 0) is 0 Å². The molecule has 0 amide bonds. The number of nitro groups is 1. The standard InChI is InChI=1S/C13H21N5O2/c1-2-9-3-5-10(6-4-9)7-15-13-11(18(19)20)12(14)16-8-17-13/h8-10H,2-7H2,1H3,(H3,14,15,16,17). The average molecular weight is 279 g/mol. The Balaban J connectivity index is 1.95. The summed E-state index contributed by atoms with van der Waals surface area (Å²) in [6.45, 7) is 2.93. The quantitative estimate of drug-likeness (QED) is 0.633. The van der Waals surface area contributed by atoms with E-state index in [0.717, 1.165) is 5.92 Å². The van der Waals surface area contributed by atoms with E-state index in [4.69, 9.17) is 5.73 Å². The molecule has 1 heterocycles. The lowest BCUT2D eigenvalue weighted by Gasteiger charge is -2.27. The van der Waals surface area contributed by atoms with Gasteiger partial charge in [0.1, 0.15) is 6.33 Å². The molecule has 3 N–H and O–H groups in total. The lowest BCUT2D eigenvalue weighted by Crippen LogP contribution is -2.22. The van der Waals surface area contributed by atoms with E-state index < -0.39 is 4.92 Å². The fraction of sp³-hybridized carbons (Fsp3) is 0.692. The molecule has 1 fully saturated rings. The molecule has 1 aliphatic carbocycles. The molecule has 1 aromatic rings. The Hall–Kier alpha value is -1.92. The van der Waals surface area contributed by atoms with Gasteiger partial charge in [-0.05, 0) is 24.7 Å². The normalized spacial score (nSPS) is 22.4. The number of hydrogen-bond acceptors (Lipinski definition) is 6. The summed E-state index contributed by atoms with van der Waals surface area (Å²) in [6, 6.07) is 0. The van der Waals surface area contributed by atoms with Crippen LogP contribution in [0, 0.1) is 22.0 Å². The Morgan fingerprint density at radius 3 is 2.60 bits per heavy atom. The van der Waals surface area contributed by atoms with Crippen LogP contribution in [0.3, 0.4) is 0 Å². The van der Waals surface area contributed by atoms with Crippen LogP contribution < -0.4 is 11.1 Å². The fourth-order valence-corrected chi connectivity index (χ4v) is 2.79. The highest BCUT2D eigenvalue weighted by atomic mass is 16.6. The smallest absolute Gasteiger partial charge is 0.352 e. The van der Waals surface area contributed by atoms with E-state index in [-0.39, 0.29) is 17.3 Å². The maximum atomic E-state index is 11.0. The number of hydrogen-bond donors (Lipinski definition) is 2. The molecule has 1 aromatic heterocycles. The van der Waals surface area contributed by atoms with Gasteiger partial charge in [0, 0.05) is 6.54 Å². The fourth-order valence-electron chi connectivity index (χ4n) is 2.79. The molecule has 1 aliphatic rings. The lowest BCUT2D eigenvalue weighted by molar-refractivity contribution is -0.383. The first-order chi connectivity index (χ1) is 9.61. The van der Waals surface area contributed by atoms with Crippen LogP contribution >= 0.6 is 0 Å². The van der Waals surface area contributed by atoms with Gasteiger partial charge in [0.15, 0.2) is 0 Å². The van der Waals surface area contributed by atoms with Gasteiger partial charge in [-0.2, -0.15) is 0 Å². The van der Waals surface area contributed by atoms with E-state index in [1.54, 1.807) is 0 Å². The molecule has 0 bridgehead atoms. The Kier molecular flexibility index (Phi) is 4.70. The van der Waals surface area contributed by atoms with Crippen LogP contribution in [0.4, 0.5) is 17.3 Å². The Bertz CT molecular complexity index is 472. The number of nitrogens with two attached hydrogens (primary N) is 1. The summed E-state index contributed by atoms with van der Waals surface area (Å²) in [5, 5.41) is 14.0. The number of nitrogens with one attached hydrogen (secondary N) is 1. The maximum absolute atomic E-state index is 11.0. The van der Waals surface area contributed by atoms with Crippen LogP contribution in [0.25, 0.3) is 0 Å². The van der Waals surface area contributed by atoms with Crippen LogP contribution in [0.2, 0.25) is 0 Å². The van der Waals surface area contributed by atoms with E-state index in [0.29, 0.717) is 12.5 Å². The summed E-state index contributed by atoms with van der Waals surface area (Å²) >= 11 is 0. The third kappa shape index (κ3) is 3.34. The zero-order valence-electron chi connectivity index (χ0n) is 11.7. The monoisotopic (exact) mass is 279 g/mol. The highest BCUT2D eigenvalue weighted by molar-refractivity contribution is 5.67. The highest BCUT2D eigenvalue weighted by Gasteiger charge is 2.23. The molecule has 0 radical (unpaired) electrons. The van der Waals surface area contributed by atoms with Gasteiger partial charge >= 0.3 is 5.69 Å². The molecule has 0 unspecified atom stereocenters. The summed E-state index contributed by atoms with van der Waals surface area (Å²) in [4.78, 5) is 18.0. The second-order valence-electron chi connectivity index (χ2n) is 5.39. The second kappa shape index (κ2) is 6.49. The minimum atomic E-state index is -0.536. The van der Waals surface area contributed by atoms with E-state index in [9.17, 15) is 10.1 Å². The van der Waals surface area contributed by atoms with E-state index in [1.165, 1.54) is 38.4 Å². The third-order valence-corrected chi connectivity index (χ3v) is 4.14. The zero-order valence-corrected chi connectivity index (χ0v) is 11.7. The second-order valence-corrected chi connectivity index (χ2v) is 5.39. The molecule has 0 saturated heterocycles. The van der Waals surface area contributed by atoms with Gasteiger partial charge in [0.2, 0.25) is 11.6 Å². The van der Waals surface area contributed by atoms with Crippen LogP contribution in [0.1, 0.15) is 39.0 Å². The Labute approximate surface area is 118 Å². The van der Waals surface area contributed by atoms with Gasteiger partial charge in [-0.3, -0.25) is 10.1 Å². The summed E-state index contributed by atoms with van der Waals surface area (Å²) in [5.74, 6) is 1.52.